The van der Waals surface area contributed by atoms with Gasteiger partial charge in [0, 0.05) is 24.3 Å². The third kappa shape index (κ3) is 4.30. The largest absolute Gasteiger partial charge is 0.497 e. The summed E-state index contributed by atoms with van der Waals surface area (Å²) in [4.78, 5) is 15.6. The number of benzene rings is 2. The number of hydrogen-bond donors (Lipinski definition) is 0. The van der Waals surface area contributed by atoms with E-state index >= 15 is 0 Å². The smallest absolute Gasteiger partial charge is 0.258 e. The third-order valence-electron chi connectivity index (χ3n) is 5.59. The van der Waals surface area contributed by atoms with E-state index in [9.17, 15) is 4.79 Å². The van der Waals surface area contributed by atoms with Crippen molar-refractivity contribution in [1.82, 2.24) is 9.47 Å². The summed E-state index contributed by atoms with van der Waals surface area (Å²) in [6.45, 7) is 9.02. The summed E-state index contributed by atoms with van der Waals surface area (Å²) in [5.41, 5.74) is 2.08. The fourth-order valence-electron chi connectivity index (χ4n) is 3.88. The molecule has 0 N–H and O–H groups in total. The maximum atomic E-state index is 13.3. The van der Waals surface area contributed by atoms with Crippen molar-refractivity contribution in [2.45, 2.75) is 33.4 Å². The molecule has 0 aliphatic rings. The molecule has 154 valence electrons. The Hall–Kier alpha value is -2.79. The van der Waals surface area contributed by atoms with Gasteiger partial charge in [0.15, 0.2) is 0 Å². The maximum absolute atomic E-state index is 13.3. The highest BCUT2D eigenvalue weighted by Crippen LogP contribution is 2.30. The van der Waals surface area contributed by atoms with E-state index in [2.05, 4.69) is 25.7 Å². The first kappa shape index (κ1) is 20.9. The molecule has 0 bridgehead atoms. The summed E-state index contributed by atoms with van der Waals surface area (Å²) in [5.74, 6) is 1.49. The minimum Gasteiger partial charge on any atom is -0.497 e. The number of likely N-dealkylation sites (N-methyl/N-ethyl adjacent to an activating group) is 1. The van der Waals surface area contributed by atoms with Crippen LogP contribution in [0.2, 0.25) is 0 Å². The molecule has 0 amide bonds. The van der Waals surface area contributed by atoms with Crippen LogP contribution in [-0.4, -0.2) is 42.8 Å². The van der Waals surface area contributed by atoms with Crippen molar-refractivity contribution in [1.29, 1.82) is 0 Å². The lowest BCUT2D eigenvalue weighted by molar-refractivity contribution is 0.210. The Labute approximate surface area is 172 Å². The highest BCUT2D eigenvalue weighted by Gasteiger charge is 2.16. The van der Waals surface area contributed by atoms with Gasteiger partial charge < -0.3 is 14.0 Å². The molecule has 0 aliphatic heterocycles. The fourth-order valence-corrected chi connectivity index (χ4v) is 3.88. The second kappa shape index (κ2) is 9.14. The van der Waals surface area contributed by atoms with Gasteiger partial charge in [0.2, 0.25) is 0 Å². The lowest BCUT2D eigenvalue weighted by Crippen LogP contribution is -2.38. The maximum Gasteiger partial charge on any atom is 0.258 e. The van der Waals surface area contributed by atoms with Crippen molar-refractivity contribution in [3.05, 3.63) is 59.0 Å². The molecule has 0 fully saturated rings. The molecule has 0 aliphatic carbocycles. The van der Waals surface area contributed by atoms with Crippen LogP contribution in [0.1, 0.15) is 20.8 Å². The standard InChI is InChI=1S/C24H30N2O3/c1-6-25(7-2)17(3)15-26-16-23(18-8-10-19(28-4)11-9-18)21-13-12-20(29-5)14-22(21)24(26)27/h8-14,16-17H,6-7,15H2,1-5H3. The number of methoxy groups -OCH3 is 2. The Morgan fingerprint density at radius 2 is 1.55 bits per heavy atom. The lowest BCUT2D eigenvalue weighted by Gasteiger charge is -2.27. The summed E-state index contributed by atoms with van der Waals surface area (Å²) < 4.78 is 12.5. The van der Waals surface area contributed by atoms with Crippen molar-refractivity contribution < 1.29 is 9.47 Å². The first-order valence-corrected chi connectivity index (χ1v) is 10.1. The van der Waals surface area contributed by atoms with Gasteiger partial charge in [-0.15, -0.1) is 0 Å². The molecular weight excluding hydrogens is 364 g/mol. The van der Waals surface area contributed by atoms with Crippen LogP contribution in [0.25, 0.3) is 21.9 Å². The summed E-state index contributed by atoms with van der Waals surface area (Å²) in [7, 11) is 3.28. The molecule has 29 heavy (non-hydrogen) atoms. The summed E-state index contributed by atoms with van der Waals surface area (Å²) in [6.07, 6.45) is 1.99. The number of nitrogens with zero attached hydrogens (tertiary/aromatic N) is 2. The monoisotopic (exact) mass is 394 g/mol. The van der Waals surface area contributed by atoms with Gasteiger partial charge in [0.1, 0.15) is 11.5 Å². The quantitative estimate of drug-likeness (QED) is 0.567. The highest BCUT2D eigenvalue weighted by atomic mass is 16.5. The van der Waals surface area contributed by atoms with Gasteiger partial charge in [-0.1, -0.05) is 26.0 Å². The van der Waals surface area contributed by atoms with E-state index < -0.39 is 0 Å². The molecule has 0 saturated carbocycles. The molecule has 1 heterocycles. The van der Waals surface area contributed by atoms with Crippen LogP contribution in [0.3, 0.4) is 0 Å². The topological polar surface area (TPSA) is 43.7 Å². The van der Waals surface area contributed by atoms with Crippen molar-refractivity contribution in [2.24, 2.45) is 0 Å². The second-order valence-electron chi connectivity index (χ2n) is 7.21. The molecule has 1 atom stereocenters. The average molecular weight is 395 g/mol. The zero-order chi connectivity index (χ0) is 21.0. The Morgan fingerprint density at radius 3 is 2.14 bits per heavy atom. The van der Waals surface area contributed by atoms with Crippen LogP contribution in [0.5, 0.6) is 11.5 Å². The third-order valence-corrected chi connectivity index (χ3v) is 5.59. The predicted molar refractivity (Wildman–Crippen MR) is 119 cm³/mol. The van der Waals surface area contributed by atoms with E-state index in [-0.39, 0.29) is 11.6 Å². The van der Waals surface area contributed by atoms with Crippen LogP contribution < -0.4 is 15.0 Å². The molecule has 3 aromatic rings. The molecule has 0 radical (unpaired) electrons. The number of pyridine rings is 1. The first-order chi connectivity index (χ1) is 14.0. The number of hydrogen-bond acceptors (Lipinski definition) is 4. The predicted octanol–water partition coefficient (Wildman–Crippen LogP) is 4.42. The Morgan fingerprint density at radius 1 is 0.931 bits per heavy atom. The van der Waals surface area contributed by atoms with E-state index in [1.807, 2.05) is 53.2 Å². The number of fused-ring (bicyclic) bond motifs is 1. The normalized spacial score (nSPS) is 12.3. The van der Waals surface area contributed by atoms with E-state index in [1.165, 1.54) is 0 Å². The molecule has 5 nitrogen and oxygen atoms in total. The van der Waals surface area contributed by atoms with Gasteiger partial charge in [-0.2, -0.15) is 0 Å². The molecule has 3 rings (SSSR count). The zero-order valence-electron chi connectivity index (χ0n) is 17.9. The van der Waals surface area contributed by atoms with Crippen LogP contribution in [0.4, 0.5) is 0 Å². The average Bonchev–Trinajstić information content (AvgIpc) is 2.76. The Bertz CT molecular complexity index is 1020. The van der Waals surface area contributed by atoms with E-state index in [1.54, 1.807) is 14.2 Å². The van der Waals surface area contributed by atoms with E-state index in [0.29, 0.717) is 17.7 Å². The van der Waals surface area contributed by atoms with Gasteiger partial charge in [-0.3, -0.25) is 9.69 Å². The van der Waals surface area contributed by atoms with Gasteiger partial charge >= 0.3 is 0 Å². The molecule has 5 heteroatoms. The van der Waals surface area contributed by atoms with E-state index in [4.69, 9.17) is 9.47 Å². The number of aromatic nitrogens is 1. The Balaban J connectivity index is 2.18. The van der Waals surface area contributed by atoms with Crippen LogP contribution >= 0.6 is 0 Å². The molecule has 1 aromatic heterocycles. The minimum atomic E-state index is 0.00941. The van der Waals surface area contributed by atoms with Crippen molar-refractivity contribution >= 4 is 10.8 Å². The summed E-state index contributed by atoms with van der Waals surface area (Å²) in [6, 6.07) is 13.9. The second-order valence-corrected chi connectivity index (χ2v) is 7.21. The van der Waals surface area contributed by atoms with Crippen LogP contribution in [0, 0.1) is 0 Å². The summed E-state index contributed by atoms with van der Waals surface area (Å²) >= 11 is 0. The first-order valence-electron chi connectivity index (χ1n) is 10.1. The molecule has 2 aromatic carbocycles. The van der Waals surface area contributed by atoms with Gasteiger partial charge in [-0.25, -0.2) is 0 Å². The van der Waals surface area contributed by atoms with Crippen LogP contribution in [0.15, 0.2) is 53.5 Å². The van der Waals surface area contributed by atoms with E-state index in [0.717, 1.165) is 35.4 Å². The molecule has 1 unspecified atom stereocenters. The Kier molecular flexibility index (Phi) is 6.60. The number of rotatable bonds is 8. The van der Waals surface area contributed by atoms with Gasteiger partial charge in [0.05, 0.1) is 19.6 Å². The highest BCUT2D eigenvalue weighted by molar-refractivity contribution is 5.96. The lowest BCUT2D eigenvalue weighted by atomic mass is 10.00. The molecular formula is C24H30N2O3. The van der Waals surface area contributed by atoms with Crippen molar-refractivity contribution in [3.8, 4) is 22.6 Å². The summed E-state index contributed by atoms with van der Waals surface area (Å²) in [5, 5.41) is 1.59. The SMILES string of the molecule is CCN(CC)C(C)Cn1cc(-c2ccc(OC)cc2)c2ccc(OC)cc2c1=O. The van der Waals surface area contributed by atoms with Crippen LogP contribution in [-0.2, 0) is 6.54 Å². The van der Waals surface area contributed by atoms with Crippen molar-refractivity contribution in [3.63, 3.8) is 0 Å². The van der Waals surface area contributed by atoms with Gasteiger partial charge in [0.25, 0.3) is 5.56 Å². The van der Waals surface area contributed by atoms with Crippen molar-refractivity contribution in [2.75, 3.05) is 27.3 Å². The molecule has 0 spiro atoms. The van der Waals surface area contributed by atoms with Gasteiger partial charge in [-0.05, 0) is 61.3 Å². The zero-order valence-corrected chi connectivity index (χ0v) is 17.9. The minimum absolute atomic E-state index is 0.00941. The fraction of sp³-hybridized carbons (Fsp3) is 0.375. The molecule has 0 saturated heterocycles. The number of ether oxygens (including phenoxy) is 2.